The summed E-state index contributed by atoms with van der Waals surface area (Å²) in [6.45, 7) is 6.42. The van der Waals surface area contributed by atoms with Crippen LogP contribution >= 0.6 is 11.3 Å². The third-order valence-electron chi connectivity index (χ3n) is 4.18. The maximum atomic E-state index is 4.56. The second-order valence-corrected chi connectivity index (χ2v) is 6.88. The SMILES string of the molecule is Cc1ccc(C2CC(NC(C)c3nc(C)cs3)C2)cc1. The summed E-state index contributed by atoms with van der Waals surface area (Å²) in [6, 6.07) is 10.0. The molecule has 1 fully saturated rings. The van der Waals surface area contributed by atoms with Gasteiger partial charge in [0.15, 0.2) is 0 Å². The minimum Gasteiger partial charge on any atom is -0.305 e. The van der Waals surface area contributed by atoms with E-state index in [1.165, 1.54) is 29.0 Å². The van der Waals surface area contributed by atoms with Crippen LogP contribution in [-0.2, 0) is 0 Å². The molecule has 1 atom stereocenters. The van der Waals surface area contributed by atoms with E-state index in [1.807, 2.05) is 0 Å². The summed E-state index contributed by atoms with van der Waals surface area (Å²) in [5.74, 6) is 0.735. The molecule has 1 unspecified atom stereocenters. The Kier molecular flexibility index (Phi) is 3.90. The first-order chi connectivity index (χ1) is 9.61. The predicted molar refractivity (Wildman–Crippen MR) is 85.3 cm³/mol. The summed E-state index contributed by atoms with van der Waals surface area (Å²) in [5.41, 5.74) is 3.96. The van der Waals surface area contributed by atoms with Crippen molar-refractivity contribution < 1.29 is 0 Å². The van der Waals surface area contributed by atoms with Crippen molar-refractivity contribution in [2.45, 2.75) is 51.6 Å². The number of hydrogen-bond donors (Lipinski definition) is 1. The fraction of sp³-hybridized carbons (Fsp3) is 0.471. The molecule has 1 aromatic carbocycles. The summed E-state index contributed by atoms with van der Waals surface area (Å²) in [6.07, 6.45) is 2.50. The van der Waals surface area contributed by atoms with Gasteiger partial charge in [-0.3, -0.25) is 0 Å². The molecule has 20 heavy (non-hydrogen) atoms. The first-order valence-electron chi connectivity index (χ1n) is 7.36. The van der Waals surface area contributed by atoms with E-state index in [9.17, 15) is 0 Å². The smallest absolute Gasteiger partial charge is 0.110 e. The van der Waals surface area contributed by atoms with Crippen molar-refractivity contribution >= 4 is 11.3 Å². The minimum atomic E-state index is 0.373. The summed E-state index contributed by atoms with van der Waals surface area (Å²) < 4.78 is 0. The highest BCUT2D eigenvalue weighted by Crippen LogP contribution is 2.38. The number of benzene rings is 1. The van der Waals surface area contributed by atoms with Crippen molar-refractivity contribution in [2.75, 3.05) is 0 Å². The Hall–Kier alpha value is -1.19. The van der Waals surface area contributed by atoms with E-state index in [1.54, 1.807) is 11.3 Å². The topological polar surface area (TPSA) is 24.9 Å². The molecule has 0 aliphatic heterocycles. The van der Waals surface area contributed by atoms with Crippen LogP contribution in [0, 0.1) is 13.8 Å². The van der Waals surface area contributed by atoms with E-state index in [-0.39, 0.29) is 0 Å². The van der Waals surface area contributed by atoms with Gasteiger partial charge in [0.05, 0.1) is 6.04 Å². The van der Waals surface area contributed by atoms with Gasteiger partial charge in [0, 0.05) is 17.1 Å². The van der Waals surface area contributed by atoms with Gasteiger partial charge in [0.1, 0.15) is 5.01 Å². The van der Waals surface area contributed by atoms with Gasteiger partial charge in [-0.05, 0) is 45.1 Å². The molecule has 0 saturated heterocycles. The molecule has 0 bridgehead atoms. The summed E-state index contributed by atoms with van der Waals surface area (Å²) in [4.78, 5) is 4.56. The van der Waals surface area contributed by atoms with Crippen LogP contribution in [0.4, 0.5) is 0 Å². The van der Waals surface area contributed by atoms with E-state index < -0.39 is 0 Å². The van der Waals surface area contributed by atoms with Crippen molar-refractivity contribution in [3.05, 3.63) is 51.5 Å². The molecule has 0 radical (unpaired) electrons. The lowest BCUT2D eigenvalue weighted by atomic mass is 9.75. The van der Waals surface area contributed by atoms with Crippen molar-refractivity contribution in [2.24, 2.45) is 0 Å². The van der Waals surface area contributed by atoms with Gasteiger partial charge in [-0.15, -0.1) is 11.3 Å². The minimum absolute atomic E-state index is 0.373. The molecule has 3 heteroatoms. The van der Waals surface area contributed by atoms with Crippen LogP contribution in [0.25, 0.3) is 0 Å². The molecule has 2 nitrogen and oxygen atoms in total. The number of aryl methyl sites for hydroxylation is 2. The summed E-state index contributed by atoms with van der Waals surface area (Å²) in [7, 11) is 0. The standard InChI is InChI=1S/C17H22N2S/c1-11-4-6-14(7-5-11)15-8-16(9-15)19-13(3)17-18-12(2)10-20-17/h4-7,10,13,15-16,19H,8-9H2,1-3H3. The fourth-order valence-corrected chi connectivity index (χ4v) is 3.67. The molecule has 3 rings (SSSR count). The lowest BCUT2D eigenvalue weighted by Gasteiger charge is -2.38. The third-order valence-corrected chi connectivity index (χ3v) is 5.33. The van der Waals surface area contributed by atoms with Gasteiger partial charge in [0.25, 0.3) is 0 Å². The Morgan fingerprint density at radius 3 is 2.50 bits per heavy atom. The molecule has 1 aliphatic carbocycles. The quantitative estimate of drug-likeness (QED) is 0.903. The molecule has 1 saturated carbocycles. The molecule has 0 spiro atoms. The van der Waals surface area contributed by atoms with Crippen molar-refractivity contribution in [1.82, 2.24) is 10.3 Å². The average molecular weight is 286 g/mol. The van der Waals surface area contributed by atoms with Crippen molar-refractivity contribution in [3.8, 4) is 0 Å². The Balaban J connectivity index is 1.52. The second kappa shape index (κ2) is 5.66. The molecule has 2 aromatic rings. The predicted octanol–water partition coefficient (Wildman–Crippen LogP) is 4.36. The van der Waals surface area contributed by atoms with Crippen molar-refractivity contribution in [1.29, 1.82) is 0 Å². The van der Waals surface area contributed by atoms with E-state index in [0.29, 0.717) is 12.1 Å². The van der Waals surface area contributed by atoms with Crippen LogP contribution in [0.5, 0.6) is 0 Å². The van der Waals surface area contributed by atoms with E-state index in [0.717, 1.165) is 11.6 Å². The molecular weight excluding hydrogens is 264 g/mol. The largest absolute Gasteiger partial charge is 0.305 e. The van der Waals surface area contributed by atoms with Gasteiger partial charge in [0.2, 0.25) is 0 Å². The fourth-order valence-electron chi connectivity index (χ4n) is 2.86. The second-order valence-electron chi connectivity index (χ2n) is 5.99. The monoisotopic (exact) mass is 286 g/mol. The lowest BCUT2D eigenvalue weighted by molar-refractivity contribution is 0.270. The van der Waals surface area contributed by atoms with Gasteiger partial charge >= 0.3 is 0 Å². The normalized spacial score (nSPS) is 23.4. The van der Waals surface area contributed by atoms with E-state index in [2.05, 4.69) is 60.7 Å². The highest BCUT2D eigenvalue weighted by atomic mass is 32.1. The maximum absolute atomic E-state index is 4.56. The Morgan fingerprint density at radius 1 is 1.20 bits per heavy atom. The first-order valence-corrected chi connectivity index (χ1v) is 8.24. The van der Waals surface area contributed by atoms with Crippen LogP contribution < -0.4 is 5.32 Å². The molecule has 1 aliphatic rings. The lowest BCUT2D eigenvalue weighted by Crippen LogP contribution is -2.41. The zero-order chi connectivity index (χ0) is 14.1. The number of thiazole rings is 1. The molecule has 1 heterocycles. The number of hydrogen-bond acceptors (Lipinski definition) is 3. The number of nitrogens with zero attached hydrogens (tertiary/aromatic N) is 1. The van der Waals surface area contributed by atoms with E-state index in [4.69, 9.17) is 0 Å². The van der Waals surface area contributed by atoms with Gasteiger partial charge in [-0.25, -0.2) is 4.98 Å². The van der Waals surface area contributed by atoms with Crippen LogP contribution in [0.3, 0.4) is 0 Å². The third kappa shape index (κ3) is 2.94. The Morgan fingerprint density at radius 2 is 1.90 bits per heavy atom. The van der Waals surface area contributed by atoms with Gasteiger partial charge in [-0.1, -0.05) is 29.8 Å². The molecule has 1 N–H and O–H groups in total. The van der Waals surface area contributed by atoms with Crippen LogP contribution in [0.1, 0.15) is 53.6 Å². The summed E-state index contributed by atoms with van der Waals surface area (Å²) >= 11 is 1.76. The zero-order valence-electron chi connectivity index (χ0n) is 12.4. The number of rotatable bonds is 4. The molecule has 106 valence electrons. The maximum Gasteiger partial charge on any atom is 0.110 e. The first kappa shape index (κ1) is 13.8. The van der Waals surface area contributed by atoms with Crippen molar-refractivity contribution in [3.63, 3.8) is 0 Å². The van der Waals surface area contributed by atoms with Crippen LogP contribution in [0.15, 0.2) is 29.6 Å². The Labute approximate surface area is 125 Å². The van der Waals surface area contributed by atoms with Crippen LogP contribution in [0.2, 0.25) is 0 Å². The molecule has 0 amide bonds. The summed E-state index contributed by atoms with van der Waals surface area (Å²) in [5, 5.41) is 7.04. The van der Waals surface area contributed by atoms with E-state index >= 15 is 0 Å². The molecule has 1 aromatic heterocycles. The van der Waals surface area contributed by atoms with Gasteiger partial charge in [-0.2, -0.15) is 0 Å². The average Bonchev–Trinajstić information content (AvgIpc) is 2.81. The van der Waals surface area contributed by atoms with Crippen LogP contribution in [-0.4, -0.2) is 11.0 Å². The van der Waals surface area contributed by atoms with Gasteiger partial charge < -0.3 is 5.32 Å². The number of nitrogens with one attached hydrogen (secondary N) is 1. The number of aromatic nitrogens is 1. The molecular formula is C17H22N2S. The highest BCUT2D eigenvalue weighted by Gasteiger charge is 2.31. The zero-order valence-corrected chi connectivity index (χ0v) is 13.2. The Bertz CT molecular complexity index is 567. The highest BCUT2D eigenvalue weighted by molar-refractivity contribution is 7.09.